The molecule has 1 aliphatic rings. The third-order valence-corrected chi connectivity index (χ3v) is 1.80. The van der Waals surface area contributed by atoms with Gasteiger partial charge < -0.3 is 14.9 Å². The first-order valence-corrected chi connectivity index (χ1v) is 3.44. The van der Waals surface area contributed by atoms with Gasteiger partial charge in [-0.3, -0.25) is 9.59 Å². The number of amides is 2. The quantitative estimate of drug-likeness (QED) is 0.387. The van der Waals surface area contributed by atoms with Crippen LogP contribution in [0.4, 0.5) is 0 Å². The van der Waals surface area contributed by atoms with Crippen molar-refractivity contribution in [1.29, 1.82) is 0 Å². The van der Waals surface area contributed by atoms with Crippen LogP contribution in [0.25, 0.3) is 0 Å². The van der Waals surface area contributed by atoms with Gasteiger partial charge in [-0.2, -0.15) is 0 Å². The Morgan fingerprint density at radius 3 is 2.50 bits per heavy atom. The Hall–Kier alpha value is -1.52. The lowest BCUT2D eigenvalue weighted by atomic mass is 10.2. The molecule has 0 aromatic heterocycles. The number of carbonyl (C=O) groups excluding carboxylic acids is 2. The standard InChI is InChI=1S/C7H10N2O3/c1-8-3-6(11)9(2)5(4-10)7(8)12/h4,10H,3H2,1-2H3/b5-4+. The molecule has 0 atom stereocenters. The Morgan fingerprint density at radius 2 is 2.00 bits per heavy atom. The fourth-order valence-electron chi connectivity index (χ4n) is 0.996. The monoisotopic (exact) mass is 170 g/mol. The smallest absolute Gasteiger partial charge is 0.273 e. The Labute approximate surface area is 69.9 Å². The highest BCUT2D eigenvalue weighted by Crippen LogP contribution is 2.11. The molecule has 1 saturated heterocycles. The van der Waals surface area contributed by atoms with Crippen molar-refractivity contribution in [2.75, 3.05) is 20.6 Å². The van der Waals surface area contributed by atoms with Gasteiger partial charge in [-0.1, -0.05) is 0 Å². The van der Waals surface area contributed by atoms with Crippen molar-refractivity contribution in [2.24, 2.45) is 0 Å². The lowest BCUT2D eigenvalue weighted by Gasteiger charge is -2.30. The first-order valence-electron chi connectivity index (χ1n) is 3.44. The van der Waals surface area contributed by atoms with Crippen LogP contribution in [0.1, 0.15) is 0 Å². The molecule has 2 amide bonds. The lowest BCUT2D eigenvalue weighted by Crippen LogP contribution is -2.48. The molecule has 0 aromatic carbocycles. The maximum atomic E-state index is 11.2. The maximum Gasteiger partial charge on any atom is 0.273 e. The van der Waals surface area contributed by atoms with Crippen molar-refractivity contribution in [3.05, 3.63) is 12.0 Å². The number of rotatable bonds is 0. The van der Waals surface area contributed by atoms with E-state index in [0.717, 1.165) is 4.90 Å². The summed E-state index contributed by atoms with van der Waals surface area (Å²) in [6, 6.07) is 0. The number of aliphatic hydroxyl groups excluding tert-OH is 1. The molecule has 1 aliphatic heterocycles. The number of aliphatic hydroxyl groups is 1. The van der Waals surface area contributed by atoms with Gasteiger partial charge in [0.25, 0.3) is 5.91 Å². The number of hydrogen-bond donors (Lipinski definition) is 1. The predicted octanol–water partition coefficient (Wildman–Crippen LogP) is -0.684. The highest BCUT2D eigenvalue weighted by Gasteiger charge is 2.30. The van der Waals surface area contributed by atoms with Crippen molar-refractivity contribution in [3.63, 3.8) is 0 Å². The van der Waals surface area contributed by atoms with Gasteiger partial charge in [0, 0.05) is 14.1 Å². The number of hydrogen-bond acceptors (Lipinski definition) is 3. The summed E-state index contributed by atoms with van der Waals surface area (Å²) in [4.78, 5) is 24.7. The second kappa shape index (κ2) is 2.84. The maximum absolute atomic E-state index is 11.2. The van der Waals surface area contributed by atoms with E-state index in [4.69, 9.17) is 5.11 Å². The van der Waals surface area contributed by atoms with Crippen LogP contribution >= 0.6 is 0 Å². The SMILES string of the molecule is CN1CC(=O)N(C)/C(=C/O)C1=O. The molecule has 0 aliphatic carbocycles. The van der Waals surface area contributed by atoms with Gasteiger partial charge in [-0.05, 0) is 0 Å². The summed E-state index contributed by atoms with van der Waals surface area (Å²) in [5, 5.41) is 8.66. The topological polar surface area (TPSA) is 60.9 Å². The van der Waals surface area contributed by atoms with E-state index in [1.165, 1.54) is 19.0 Å². The first-order chi connectivity index (χ1) is 5.57. The summed E-state index contributed by atoms with van der Waals surface area (Å²) >= 11 is 0. The normalized spacial score (nSPS) is 22.3. The van der Waals surface area contributed by atoms with Gasteiger partial charge in [0.1, 0.15) is 18.5 Å². The fourth-order valence-corrected chi connectivity index (χ4v) is 0.996. The number of piperazine rings is 1. The average molecular weight is 170 g/mol. The van der Waals surface area contributed by atoms with E-state index in [9.17, 15) is 9.59 Å². The van der Waals surface area contributed by atoms with Crippen LogP contribution in [0.5, 0.6) is 0 Å². The molecular formula is C7H10N2O3. The molecule has 0 aromatic rings. The zero-order valence-corrected chi connectivity index (χ0v) is 6.94. The molecule has 1 fully saturated rings. The molecule has 12 heavy (non-hydrogen) atoms. The van der Waals surface area contributed by atoms with Crippen LogP contribution in [-0.4, -0.2) is 47.4 Å². The van der Waals surface area contributed by atoms with E-state index >= 15 is 0 Å². The summed E-state index contributed by atoms with van der Waals surface area (Å²) < 4.78 is 0. The van der Waals surface area contributed by atoms with Crippen molar-refractivity contribution in [2.45, 2.75) is 0 Å². The van der Waals surface area contributed by atoms with Crippen molar-refractivity contribution in [1.82, 2.24) is 9.80 Å². The highest BCUT2D eigenvalue weighted by molar-refractivity contribution is 6.02. The Bertz CT molecular complexity index is 259. The van der Waals surface area contributed by atoms with Gasteiger partial charge in [-0.15, -0.1) is 0 Å². The lowest BCUT2D eigenvalue weighted by molar-refractivity contribution is -0.143. The molecule has 1 rings (SSSR count). The van der Waals surface area contributed by atoms with Crippen LogP contribution in [0.3, 0.4) is 0 Å². The van der Waals surface area contributed by atoms with Gasteiger partial charge in [-0.25, -0.2) is 0 Å². The summed E-state index contributed by atoms with van der Waals surface area (Å²) in [7, 11) is 2.96. The second-order valence-corrected chi connectivity index (χ2v) is 2.63. The van der Waals surface area contributed by atoms with E-state index in [1.807, 2.05) is 0 Å². The average Bonchev–Trinajstić information content (AvgIpc) is 2.02. The second-order valence-electron chi connectivity index (χ2n) is 2.63. The molecular weight excluding hydrogens is 160 g/mol. The summed E-state index contributed by atoms with van der Waals surface area (Å²) in [6.07, 6.45) is 0.649. The van der Waals surface area contributed by atoms with Crippen molar-refractivity contribution >= 4 is 11.8 Å². The molecule has 0 bridgehead atoms. The number of carbonyl (C=O) groups is 2. The molecule has 5 heteroatoms. The fraction of sp³-hybridized carbons (Fsp3) is 0.429. The molecule has 5 nitrogen and oxygen atoms in total. The molecule has 1 N–H and O–H groups in total. The molecule has 0 spiro atoms. The predicted molar refractivity (Wildman–Crippen MR) is 41.1 cm³/mol. The summed E-state index contributed by atoms with van der Waals surface area (Å²) in [5.41, 5.74) is 0.00810. The van der Waals surface area contributed by atoms with Crippen LogP contribution in [0.2, 0.25) is 0 Å². The van der Waals surface area contributed by atoms with Crippen LogP contribution in [-0.2, 0) is 9.59 Å². The molecule has 0 unspecified atom stereocenters. The minimum atomic E-state index is -0.348. The molecule has 1 heterocycles. The van der Waals surface area contributed by atoms with Crippen LogP contribution < -0.4 is 0 Å². The van der Waals surface area contributed by atoms with Crippen molar-refractivity contribution < 1.29 is 14.7 Å². The van der Waals surface area contributed by atoms with Gasteiger partial charge in [0.15, 0.2) is 0 Å². The van der Waals surface area contributed by atoms with E-state index < -0.39 is 0 Å². The Morgan fingerprint density at radius 1 is 1.42 bits per heavy atom. The van der Waals surface area contributed by atoms with Crippen molar-refractivity contribution in [3.8, 4) is 0 Å². The summed E-state index contributed by atoms with van der Waals surface area (Å²) in [5.74, 6) is -0.558. The van der Waals surface area contributed by atoms with E-state index in [-0.39, 0.29) is 24.1 Å². The van der Waals surface area contributed by atoms with Crippen LogP contribution in [0, 0.1) is 0 Å². The van der Waals surface area contributed by atoms with E-state index in [2.05, 4.69) is 0 Å². The minimum Gasteiger partial charge on any atom is -0.513 e. The molecule has 66 valence electrons. The zero-order valence-electron chi connectivity index (χ0n) is 6.94. The molecule has 0 radical (unpaired) electrons. The zero-order chi connectivity index (χ0) is 9.30. The number of likely N-dealkylation sites (N-methyl/N-ethyl adjacent to an activating group) is 2. The minimum absolute atomic E-state index is 0.00810. The Balaban J connectivity index is 2.97. The van der Waals surface area contributed by atoms with Crippen LogP contribution in [0.15, 0.2) is 12.0 Å². The van der Waals surface area contributed by atoms with E-state index in [1.54, 1.807) is 0 Å². The Kier molecular flexibility index (Phi) is 2.03. The highest BCUT2D eigenvalue weighted by atomic mass is 16.2. The number of nitrogens with zero attached hydrogens (tertiary/aromatic N) is 2. The van der Waals surface area contributed by atoms with Gasteiger partial charge in [0.05, 0.1) is 0 Å². The van der Waals surface area contributed by atoms with E-state index in [0.29, 0.717) is 6.26 Å². The third kappa shape index (κ3) is 1.13. The summed E-state index contributed by atoms with van der Waals surface area (Å²) in [6.45, 7) is 0.0622. The first kappa shape index (κ1) is 8.58. The van der Waals surface area contributed by atoms with Gasteiger partial charge >= 0.3 is 0 Å². The largest absolute Gasteiger partial charge is 0.513 e. The third-order valence-electron chi connectivity index (χ3n) is 1.80. The molecule has 0 saturated carbocycles. The van der Waals surface area contributed by atoms with Gasteiger partial charge in [0.2, 0.25) is 5.91 Å².